The summed E-state index contributed by atoms with van der Waals surface area (Å²) in [6, 6.07) is 5.15. The van der Waals surface area contributed by atoms with Gasteiger partial charge in [-0.05, 0) is 26.2 Å². The number of pyridine rings is 1. The van der Waals surface area contributed by atoms with Gasteiger partial charge in [0.25, 0.3) is 0 Å². The van der Waals surface area contributed by atoms with Gasteiger partial charge in [0.05, 0.1) is 0 Å². The average molecular weight is 271 g/mol. The Balaban J connectivity index is 2.93. The molecule has 0 bridgehead atoms. The number of anilines is 1. The average Bonchev–Trinajstić information content (AvgIpc) is 2.28. The molecule has 100 valence electrons. The zero-order chi connectivity index (χ0) is 13.7. The first-order valence-corrected chi connectivity index (χ1v) is 6.05. The molecule has 0 aliphatic rings. The summed E-state index contributed by atoms with van der Waals surface area (Å²) < 4.78 is 0. The molecule has 0 N–H and O–H groups in total. The molecule has 1 rings (SSSR count). The van der Waals surface area contributed by atoms with Crippen molar-refractivity contribution in [2.24, 2.45) is 0 Å². The van der Waals surface area contributed by atoms with Crippen LogP contribution in [0.15, 0.2) is 18.2 Å². The molecule has 1 aromatic heterocycles. The van der Waals surface area contributed by atoms with E-state index in [4.69, 9.17) is 11.6 Å². The molecule has 0 fully saturated rings. The number of carbonyl (C=O) groups excluding carboxylic acids is 1. The number of rotatable bonds is 4. The molecule has 18 heavy (non-hydrogen) atoms. The molecule has 0 unspecified atom stereocenters. The number of carbonyl (C=O) groups is 1. The number of halogens is 1. The number of amides is 2. The fourth-order valence-corrected chi connectivity index (χ4v) is 1.56. The van der Waals surface area contributed by atoms with Crippen molar-refractivity contribution in [3.8, 4) is 0 Å². The number of urea groups is 1. The Morgan fingerprint density at radius 2 is 1.89 bits per heavy atom. The maximum atomic E-state index is 12.1. The van der Waals surface area contributed by atoms with E-state index in [1.165, 1.54) is 4.90 Å². The van der Waals surface area contributed by atoms with Crippen LogP contribution in [0.5, 0.6) is 0 Å². The molecule has 0 spiro atoms. The first-order valence-electron chi connectivity index (χ1n) is 5.68. The van der Waals surface area contributed by atoms with E-state index in [2.05, 4.69) is 4.98 Å². The molecule has 2 amide bonds. The lowest BCUT2D eigenvalue weighted by atomic mass is 10.4. The maximum Gasteiger partial charge on any atom is 0.325 e. The van der Waals surface area contributed by atoms with Crippen molar-refractivity contribution in [3.63, 3.8) is 0 Å². The van der Waals surface area contributed by atoms with Crippen molar-refractivity contribution >= 4 is 23.4 Å². The zero-order valence-electron chi connectivity index (χ0n) is 11.2. The van der Waals surface area contributed by atoms with Crippen molar-refractivity contribution in [1.82, 2.24) is 14.8 Å². The predicted octanol–water partition coefficient (Wildman–Crippen LogP) is 1.78. The van der Waals surface area contributed by atoms with Crippen LogP contribution in [0.1, 0.15) is 0 Å². The maximum absolute atomic E-state index is 12.1. The van der Waals surface area contributed by atoms with Gasteiger partial charge in [0.1, 0.15) is 11.0 Å². The number of nitrogens with zero attached hydrogens (tertiary/aromatic N) is 4. The van der Waals surface area contributed by atoms with Gasteiger partial charge in [-0.2, -0.15) is 0 Å². The van der Waals surface area contributed by atoms with Crippen LogP contribution in [0, 0.1) is 0 Å². The highest BCUT2D eigenvalue weighted by atomic mass is 35.5. The van der Waals surface area contributed by atoms with Crippen molar-refractivity contribution < 1.29 is 4.79 Å². The summed E-state index contributed by atoms with van der Waals surface area (Å²) in [7, 11) is 7.36. The first-order chi connectivity index (χ1) is 8.41. The minimum Gasteiger partial charge on any atom is -0.330 e. The van der Waals surface area contributed by atoms with Gasteiger partial charge in [-0.25, -0.2) is 9.78 Å². The third-order valence-corrected chi connectivity index (χ3v) is 2.57. The Labute approximate surface area is 113 Å². The molecule has 1 aromatic rings. The first kappa shape index (κ1) is 14.7. The van der Waals surface area contributed by atoms with Crippen molar-refractivity contribution in [1.29, 1.82) is 0 Å². The topological polar surface area (TPSA) is 39.7 Å². The van der Waals surface area contributed by atoms with E-state index in [0.29, 0.717) is 17.5 Å². The fourth-order valence-electron chi connectivity index (χ4n) is 1.40. The summed E-state index contributed by atoms with van der Waals surface area (Å²) in [6.07, 6.45) is 0. The lowest BCUT2D eigenvalue weighted by Crippen LogP contribution is -2.43. The summed E-state index contributed by atoms with van der Waals surface area (Å²) in [5, 5.41) is 0.383. The molecular weight excluding hydrogens is 252 g/mol. The second-order valence-electron chi connectivity index (χ2n) is 4.45. The van der Waals surface area contributed by atoms with E-state index in [1.54, 1.807) is 37.2 Å². The molecule has 0 aromatic carbocycles. The molecule has 0 aliphatic carbocycles. The van der Waals surface area contributed by atoms with Crippen LogP contribution < -0.4 is 4.90 Å². The van der Waals surface area contributed by atoms with Crippen LogP contribution in [-0.2, 0) is 0 Å². The second-order valence-corrected chi connectivity index (χ2v) is 4.84. The summed E-state index contributed by atoms with van der Waals surface area (Å²) in [6.45, 7) is 1.32. The highest BCUT2D eigenvalue weighted by Gasteiger charge is 2.18. The van der Waals surface area contributed by atoms with E-state index in [-0.39, 0.29) is 6.03 Å². The highest BCUT2D eigenvalue weighted by Crippen LogP contribution is 2.15. The zero-order valence-corrected chi connectivity index (χ0v) is 12.0. The molecule has 5 nitrogen and oxygen atoms in total. The molecule has 6 heteroatoms. The normalized spacial score (nSPS) is 10.6. The molecular formula is C12H19ClN4O. The molecule has 0 aliphatic heterocycles. The van der Waals surface area contributed by atoms with Crippen LogP contribution in [0.2, 0.25) is 5.15 Å². The molecule has 0 saturated heterocycles. The van der Waals surface area contributed by atoms with Crippen LogP contribution in [0.4, 0.5) is 10.6 Å². The molecule has 0 atom stereocenters. The lowest BCUT2D eigenvalue weighted by Gasteiger charge is -2.26. The summed E-state index contributed by atoms with van der Waals surface area (Å²) in [5.41, 5.74) is 0. The van der Waals surface area contributed by atoms with Gasteiger partial charge in [0, 0.05) is 27.2 Å². The van der Waals surface area contributed by atoms with Crippen molar-refractivity contribution in [2.75, 3.05) is 46.2 Å². The van der Waals surface area contributed by atoms with Gasteiger partial charge in [-0.15, -0.1) is 0 Å². The summed E-state index contributed by atoms with van der Waals surface area (Å²) >= 11 is 5.86. The van der Waals surface area contributed by atoms with Crippen LogP contribution >= 0.6 is 11.6 Å². The predicted molar refractivity (Wildman–Crippen MR) is 74.2 cm³/mol. The highest BCUT2D eigenvalue weighted by molar-refractivity contribution is 6.29. The van der Waals surface area contributed by atoms with Gasteiger partial charge in [-0.3, -0.25) is 4.90 Å². The second kappa shape index (κ2) is 6.56. The Hall–Kier alpha value is -1.33. The third kappa shape index (κ3) is 4.16. The monoisotopic (exact) mass is 270 g/mol. The van der Waals surface area contributed by atoms with E-state index < -0.39 is 0 Å². The molecule has 0 radical (unpaired) electrons. The Kier molecular flexibility index (Phi) is 5.37. The van der Waals surface area contributed by atoms with Crippen LogP contribution in [0.25, 0.3) is 0 Å². The van der Waals surface area contributed by atoms with Gasteiger partial charge in [0.15, 0.2) is 0 Å². The summed E-state index contributed by atoms with van der Waals surface area (Å²) in [4.78, 5) is 21.5. The smallest absolute Gasteiger partial charge is 0.325 e. The largest absolute Gasteiger partial charge is 0.330 e. The number of likely N-dealkylation sites (N-methyl/N-ethyl adjacent to an activating group) is 1. The Bertz CT molecular complexity index is 409. The minimum absolute atomic E-state index is 0.105. The van der Waals surface area contributed by atoms with Crippen LogP contribution in [0.3, 0.4) is 0 Å². The fraction of sp³-hybridized carbons (Fsp3) is 0.500. The van der Waals surface area contributed by atoms with Crippen molar-refractivity contribution in [2.45, 2.75) is 0 Å². The lowest BCUT2D eigenvalue weighted by molar-refractivity contribution is 0.222. The molecule has 1 heterocycles. The van der Waals surface area contributed by atoms with Gasteiger partial charge >= 0.3 is 6.03 Å². The number of hydrogen-bond donors (Lipinski definition) is 0. The van der Waals surface area contributed by atoms with Crippen molar-refractivity contribution in [3.05, 3.63) is 23.4 Å². The van der Waals surface area contributed by atoms with E-state index >= 15 is 0 Å². The van der Waals surface area contributed by atoms with E-state index in [9.17, 15) is 4.79 Å². The number of aromatic nitrogens is 1. The SMILES string of the molecule is CN(C)CCN(C(=O)N(C)C)c1cccc(Cl)n1. The van der Waals surface area contributed by atoms with E-state index in [1.807, 2.05) is 19.0 Å². The number of hydrogen-bond acceptors (Lipinski definition) is 3. The minimum atomic E-state index is -0.105. The molecule has 0 saturated carbocycles. The van der Waals surface area contributed by atoms with Gasteiger partial charge < -0.3 is 9.80 Å². The van der Waals surface area contributed by atoms with Gasteiger partial charge in [-0.1, -0.05) is 17.7 Å². The third-order valence-electron chi connectivity index (χ3n) is 2.36. The summed E-state index contributed by atoms with van der Waals surface area (Å²) in [5.74, 6) is 0.572. The van der Waals surface area contributed by atoms with E-state index in [0.717, 1.165) is 6.54 Å². The standard InChI is InChI=1S/C12H19ClN4O/c1-15(2)8-9-17(12(18)16(3)4)11-7-5-6-10(13)14-11/h5-7H,8-9H2,1-4H3. The van der Waals surface area contributed by atoms with Crippen LogP contribution in [-0.4, -0.2) is 62.1 Å². The van der Waals surface area contributed by atoms with Gasteiger partial charge in [0.2, 0.25) is 0 Å². The quantitative estimate of drug-likeness (QED) is 0.783. The Morgan fingerprint density at radius 3 is 2.39 bits per heavy atom. The Morgan fingerprint density at radius 1 is 1.22 bits per heavy atom.